The molecule has 1 aromatic rings. The maximum absolute atomic E-state index is 11.0. The van der Waals surface area contributed by atoms with Crippen LogP contribution in [0.5, 0.6) is 0 Å². The van der Waals surface area contributed by atoms with Crippen molar-refractivity contribution in [1.82, 2.24) is 0 Å². The quantitative estimate of drug-likeness (QED) is 0.789. The molecule has 1 amide bonds. The summed E-state index contributed by atoms with van der Waals surface area (Å²) >= 11 is 0. The molecule has 0 aliphatic carbocycles. The Kier molecular flexibility index (Phi) is 2.62. The van der Waals surface area contributed by atoms with Crippen molar-refractivity contribution in [3.05, 3.63) is 29.8 Å². The number of carbonyl (C=O) groups is 1. The highest BCUT2D eigenvalue weighted by molar-refractivity contribution is 5.80. The standard InChI is InChI=1S/C12H16N2O/c1-9-6-7-10-4-2-3-5-11(10)14(9)8-12(13)15/h2-5,9H,6-8H2,1H3,(H2,13,15)/t9-/m1/s1. The van der Waals surface area contributed by atoms with Gasteiger partial charge in [-0.15, -0.1) is 0 Å². The second-order valence-corrected chi connectivity index (χ2v) is 4.11. The Bertz CT molecular complexity index is 376. The number of amides is 1. The van der Waals surface area contributed by atoms with Crippen LogP contribution in [0.15, 0.2) is 24.3 Å². The predicted octanol–water partition coefficient (Wildman–Crippen LogP) is 1.31. The van der Waals surface area contributed by atoms with E-state index in [1.165, 1.54) is 5.56 Å². The van der Waals surface area contributed by atoms with Gasteiger partial charge < -0.3 is 10.6 Å². The molecule has 1 aliphatic rings. The van der Waals surface area contributed by atoms with Crippen molar-refractivity contribution >= 4 is 11.6 Å². The van der Waals surface area contributed by atoms with E-state index in [9.17, 15) is 4.79 Å². The van der Waals surface area contributed by atoms with Gasteiger partial charge in [0.1, 0.15) is 0 Å². The SMILES string of the molecule is C[C@@H]1CCc2ccccc2N1CC(N)=O. The van der Waals surface area contributed by atoms with Crippen molar-refractivity contribution in [1.29, 1.82) is 0 Å². The van der Waals surface area contributed by atoms with Gasteiger partial charge in [0.05, 0.1) is 6.54 Å². The van der Waals surface area contributed by atoms with E-state index in [2.05, 4.69) is 24.0 Å². The third-order valence-corrected chi connectivity index (χ3v) is 2.99. The third-order valence-electron chi connectivity index (χ3n) is 2.99. The highest BCUT2D eigenvalue weighted by Gasteiger charge is 2.23. The smallest absolute Gasteiger partial charge is 0.236 e. The van der Waals surface area contributed by atoms with E-state index in [4.69, 9.17) is 5.73 Å². The number of anilines is 1. The Balaban J connectivity index is 2.32. The Hall–Kier alpha value is -1.51. The molecule has 0 bridgehead atoms. The topological polar surface area (TPSA) is 46.3 Å². The van der Waals surface area contributed by atoms with Crippen molar-refractivity contribution < 1.29 is 4.79 Å². The summed E-state index contributed by atoms with van der Waals surface area (Å²) in [6.07, 6.45) is 2.18. The molecule has 0 fully saturated rings. The van der Waals surface area contributed by atoms with Crippen LogP contribution >= 0.6 is 0 Å². The van der Waals surface area contributed by atoms with Crippen LogP contribution in [0.1, 0.15) is 18.9 Å². The van der Waals surface area contributed by atoms with Gasteiger partial charge in [-0.05, 0) is 31.4 Å². The minimum absolute atomic E-state index is 0.265. The minimum atomic E-state index is -0.265. The first-order valence-electron chi connectivity index (χ1n) is 5.31. The van der Waals surface area contributed by atoms with Gasteiger partial charge in [0, 0.05) is 11.7 Å². The zero-order chi connectivity index (χ0) is 10.8. The number of hydrogen-bond donors (Lipinski definition) is 1. The van der Waals surface area contributed by atoms with Crippen LogP contribution in [-0.4, -0.2) is 18.5 Å². The van der Waals surface area contributed by atoms with Crippen molar-refractivity contribution in [2.45, 2.75) is 25.8 Å². The highest BCUT2D eigenvalue weighted by Crippen LogP contribution is 2.29. The molecule has 0 spiro atoms. The fraction of sp³-hybridized carbons (Fsp3) is 0.417. The molecule has 1 heterocycles. The number of carbonyl (C=O) groups excluding carboxylic acids is 1. The fourth-order valence-electron chi connectivity index (χ4n) is 2.17. The highest BCUT2D eigenvalue weighted by atomic mass is 16.1. The number of benzene rings is 1. The largest absolute Gasteiger partial charge is 0.368 e. The van der Waals surface area contributed by atoms with E-state index in [0.29, 0.717) is 12.6 Å². The lowest BCUT2D eigenvalue weighted by Crippen LogP contribution is -2.42. The summed E-state index contributed by atoms with van der Waals surface area (Å²) in [6, 6.07) is 8.62. The molecule has 2 N–H and O–H groups in total. The first kappa shape index (κ1) is 10.0. The molecule has 1 aromatic carbocycles. The van der Waals surface area contributed by atoms with Crippen LogP contribution in [0.4, 0.5) is 5.69 Å². The van der Waals surface area contributed by atoms with E-state index < -0.39 is 0 Å². The van der Waals surface area contributed by atoms with E-state index in [0.717, 1.165) is 18.5 Å². The number of aryl methyl sites for hydroxylation is 1. The maximum Gasteiger partial charge on any atom is 0.236 e. The molecule has 3 heteroatoms. The van der Waals surface area contributed by atoms with Crippen LogP contribution in [0, 0.1) is 0 Å². The van der Waals surface area contributed by atoms with Gasteiger partial charge in [0.15, 0.2) is 0 Å². The van der Waals surface area contributed by atoms with Crippen LogP contribution < -0.4 is 10.6 Å². The van der Waals surface area contributed by atoms with Crippen LogP contribution in [0.25, 0.3) is 0 Å². The lowest BCUT2D eigenvalue weighted by molar-refractivity contribution is -0.116. The van der Waals surface area contributed by atoms with Gasteiger partial charge in [-0.1, -0.05) is 18.2 Å². The van der Waals surface area contributed by atoms with Crippen molar-refractivity contribution in [3.63, 3.8) is 0 Å². The van der Waals surface area contributed by atoms with Crippen LogP contribution in [0.3, 0.4) is 0 Å². The van der Waals surface area contributed by atoms with Gasteiger partial charge in [-0.25, -0.2) is 0 Å². The molecular formula is C12H16N2O. The molecule has 2 rings (SSSR count). The predicted molar refractivity (Wildman–Crippen MR) is 60.8 cm³/mol. The second-order valence-electron chi connectivity index (χ2n) is 4.11. The van der Waals surface area contributed by atoms with Crippen LogP contribution in [-0.2, 0) is 11.2 Å². The molecule has 1 atom stereocenters. The molecule has 0 radical (unpaired) electrons. The number of nitrogens with two attached hydrogens (primary N) is 1. The lowest BCUT2D eigenvalue weighted by atomic mass is 9.97. The molecule has 0 saturated heterocycles. The molecule has 0 unspecified atom stereocenters. The molecule has 15 heavy (non-hydrogen) atoms. The zero-order valence-corrected chi connectivity index (χ0v) is 8.94. The van der Waals surface area contributed by atoms with Gasteiger partial charge in [0.25, 0.3) is 0 Å². The summed E-state index contributed by atoms with van der Waals surface area (Å²) in [5.74, 6) is -0.265. The molecule has 1 aliphatic heterocycles. The number of primary amides is 1. The molecule has 0 aromatic heterocycles. The summed E-state index contributed by atoms with van der Waals surface area (Å²) in [4.78, 5) is 13.1. The number of rotatable bonds is 2. The number of hydrogen-bond acceptors (Lipinski definition) is 2. The summed E-state index contributed by atoms with van der Waals surface area (Å²) in [5, 5.41) is 0. The molecular weight excluding hydrogens is 188 g/mol. The fourth-order valence-corrected chi connectivity index (χ4v) is 2.17. The van der Waals surface area contributed by atoms with Crippen molar-refractivity contribution in [2.24, 2.45) is 5.73 Å². The Labute approximate surface area is 89.9 Å². The van der Waals surface area contributed by atoms with E-state index in [1.807, 2.05) is 12.1 Å². The number of fused-ring (bicyclic) bond motifs is 1. The summed E-state index contributed by atoms with van der Waals surface area (Å²) in [6.45, 7) is 2.46. The Morgan fingerprint density at radius 2 is 2.27 bits per heavy atom. The van der Waals surface area contributed by atoms with E-state index >= 15 is 0 Å². The van der Waals surface area contributed by atoms with Crippen molar-refractivity contribution in [2.75, 3.05) is 11.4 Å². The first-order valence-corrected chi connectivity index (χ1v) is 5.31. The minimum Gasteiger partial charge on any atom is -0.368 e. The van der Waals surface area contributed by atoms with Gasteiger partial charge in [0.2, 0.25) is 5.91 Å². The molecule has 80 valence electrons. The molecule has 0 saturated carbocycles. The summed E-state index contributed by atoms with van der Waals surface area (Å²) < 4.78 is 0. The normalized spacial score (nSPS) is 19.8. The summed E-state index contributed by atoms with van der Waals surface area (Å²) in [7, 11) is 0. The van der Waals surface area contributed by atoms with Gasteiger partial charge in [-0.2, -0.15) is 0 Å². The second kappa shape index (κ2) is 3.93. The summed E-state index contributed by atoms with van der Waals surface area (Å²) in [5.41, 5.74) is 7.74. The average Bonchev–Trinajstić information content (AvgIpc) is 2.22. The first-order chi connectivity index (χ1) is 7.18. The average molecular weight is 204 g/mol. The Morgan fingerprint density at radius 1 is 1.53 bits per heavy atom. The Morgan fingerprint density at radius 3 is 3.00 bits per heavy atom. The van der Waals surface area contributed by atoms with Gasteiger partial charge >= 0.3 is 0 Å². The van der Waals surface area contributed by atoms with E-state index in [1.54, 1.807) is 0 Å². The molecule has 3 nitrogen and oxygen atoms in total. The monoisotopic (exact) mass is 204 g/mol. The number of para-hydroxylation sites is 1. The van der Waals surface area contributed by atoms with E-state index in [-0.39, 0.29) is 5.91 Å². The number of nitrogens with zero attached hydrogens (tertiary/aromatic N) is 1. The maximum atomic E-state index is 11.0. The van der Waals surface area contributed by atoms with Gasteiger partial charge in [-0.3, -0.25) is 4.79 Å². The van der Waals surface area contributed by atoms with Crippen LogP contribution in [0.2, 0.25) is 0 Å². The lowest BCUT2D eigenvalue weighted by Gasteiger charge is -2.36. The van der Waals surface area contributed by atoms with Crippen molar-refractivity contribution in [3.8, 4) is 0 Å². The third kappa shape index (κ3) is 1.96. The zero-order valence-electron chi connectivity index (χ0n) is 8.94.